The Hall–Kier alpha value is -0.830. The Bertz CT molecular complexity index is 861. The Morgan fingerprint density at radius 3 is 2.15 bits per heavy atom. The van der Waals surface area contributed by atoms with E-state index in [1.54, 1.807) is 0 Å². The van der Waals surface area contributed by atoms with E-state index in [4.69, 9.17) is 0 Å². The van der Waals surface area contributed by atoms with Gasteiger partial charge in [0.25, 0.3) is 0 Å². The Balaban J connectivity index is 1.57. The first-order valence-corrected chi connectivity index (χ1v) is 13.8. The summed E-state index contributed by atoms with van der Waals surface area (Å²) in [5.74, 6) is 1.79. The maximum Gasteiger partial charge on any atom is 0.309 e. The molecule has 186 valence electrons. The number of hydrogen-bond donors (Lipinski definition) is 2. The van der Waals surface area contributed by atoms with E-state index < -0.39 is 11.4 Å². The SMILES string of the molecule is C=C(C)[C@@H]1CC[C@]2(C(=O)O)CC[C@]3(C)C(CC[C@@H]4[C@@]5(C)CC[C@H](O)C(C)(C)C5CC[C@]43C)[C@@H]12. The molecule has 5 fully saturated rings. The second-order valence-electron chi connectivity index (χ2n) is 14.5. The highest BCUT2D eigenvalue weighted by Crippen LogP contribution is 2.77. The average Bonchev–Trinajstić information content (AvgIpc) is 3.13. The quantitative estimate of drug-likeness (QED) is 0.436. The van der Waals surface area contributed by atoms with Gasteiger partial charge in [-0.05, 0) is 122 Å². The van der Waals surface area contributed by atoms with Crippen LogP contribution < -0.4 is 0 Å². The minimum Gasteiger partial charge on any atom is -0.481 e. The number of carboxylic acid groups (broad SMARTS) is 1. The molecule has 2 N–H and O–H groups in total. The molecule has 10 atom stereocenters. The molecule has 3 nitrogen and oxygen atoms in total. The van der Waals surface area contributed by atoms with Crippen molar-refractivity contribution in [3.05, 3.63) is 12.2 Å². The summed E-state index contributed by atoms with van der Waals surface area (Å²) in [5.41, 5.74) is 1.35. The molecule has 0 spiro atoms. The van der Waals surface area contributed by atoms with Gasteiger partial charge in [0.1, 0.15) is 0 Å². The molecule has 0 aromatic heterocycles. The van der Waals surface area contributed by atoms with E-state index in [2.05, 4.69) is 48.1 Å². The summed E-state index contributed by atoms with van der Waals surface area (Å²) in [7, 11) is 0. The largest absolute Gasteiger partial charge is 0.481 e. The van der Waals surface area contributed by atoms with Gasteiger partial charge in [0.05, 0.1) is 11.5 Å². The molecule has 5 aliphatic rings. The first-order chi connectivity index (χ1) is 15.3. The number of aliphatic hydroxyl groups is 1. The van der Waals surface area contributed by atoms with Crippen molar-refractivity contribution in [2.45, 2.75) is 112 Å². The second kappa shape index (κ2) is 7.11. The molecule has 2 unspecified atom stereocenters. The zero-order valence-corrected chi connectivity index (χ0v) is 22.0. The van der Waals surface area contributed by atoms with E-state index in [0.717, 1.165) is 38.5 Å². The molecular weight excluding hydrogens is 408 g/mol. The molecular formula is C30H48O3. The summed E-state index contributed by atoms with van der Waals surface area (Å²) in [5, 5.41) is 21.4. The van der Waals surface area contributed by atoms with Gasteiger partial charge in [-0.1, -0.05) is 46.8 Å². The standard InChI is InChI=1S/C30H48O3/c1-18(2)19-10-15-30(25(32)33)17-16-28(6)20(24(19)30)8-9-22-27(5)13-12-23(31)26(3,4)21(27)11-14-29(22,28)7/h19-24,31H,1,8-17H2,2-7H3,(H,32,33)/t19-,20?,21?,22+,23-,24+,27-,28+,29+,30-/m0/s1. The summed E-state index contributed by atoms with van der Waals surface area (Å²) in [6, 6.07) is 0. The van der Waals surface area contributed by atoms with Crippen LogP contribution in [0.15, 0.2) is 12.2 Å². The van der Waals surface area contributed by atoms with Gasteiger partial charge >= 0.3 is 5.97 Å². The number of rotatable bonds is 2. The summed E-state index contributed by atoms with van der Waals surface area (Å²) in [4.78, 5) is 12.8. The molecule has 33 heavy (non-hydrogen) atoms. The predicted octanol–water partition coefficient (Wildman–Crippen LogP) is 7.09. The maximum atomic E-state index is 12.8. The van der Waals surface area contributed by atoms with Crippen LogP contribution in [0.2, 0.25) is 0 Å². The van der Waals surface area contributed by atoms with E-state index in [1.165, 1.54) is 31.3 Å². The highest BCUT2D eigenvalue weighted by molar-refractivity contribution is 5.76. The number of carbonyl (C=O) groups is 1. The lowest BCUT2D eigenvalue weighted by molar-refractivity contribution is -0.248. The number of fused-ring (bicyclic) bond motifs is 7. The van der Waals surface area contributed by atoms with Crippen LogP contribution in [0.4, 0.5) is 0 Å². The van der Waals surface area contributed by atoms with E-state index in [1.807, 2.05) is 0 Å². The molecule has 0 amide bonds. The number of allylic oxidation sites excluding steroid dienone is 1. The van der Waals surface area contributed by atoms with Gasteiger partial charge in [0.2, 0.25) is 0 Å². The van der Waals surface area contributed by atoms with Crippen molar-refractivity contribution in [3.63, 3.8) is 0 Å². The molecule has 0 aromatic carbocycles. The Labute approximate surface area is 201 Å². The minimum absolute atomic E-state index is 0.0202. The van der Waals surface area contributed by atoms with Crippen molar-refractivity contribution < 1.29 is 15.0 Å². The zero-order valence-electron chi connectivity index (χ0n) is 22.0. The number of carboxylic acids is 1. The fourth-order valence-corrected chi connectivity index (χ4v) is 11.5. The Morgan fingerprint density at radius 1 is 0.818 bits per heavy atom. The van der Waals surface area contributed by atoms with Gasteiger partial charge in [-0.2, -0.15) is 0 Å². The highest BCUT2D eigenvalue weighted by Gasteiger charge is 2.71. The monoisotopic (exact) mass is 456 g/mol. The van der Waals surface area contributed by atoms with Crippen LogP contribution >= 0.6 is 0 Å². The van der Waals surface area contributed by atoms with Crippen molar-refractivity contribution in [2.75, 3.05) is 0 Å². The van der Waals surface area contributed by atoms with E-state index in [0.29, 0.717) is 23.7 Å². The normalized spacial score (nSPS) is 55.0. The van der Waals surface area contributed by atoms with Crippen molar-refractivity contribution in [1.29, 1.82) is 0 Å². The first-order valence-electron chi connectivity index (χ1n) is 13.8. The molecule has 5 saturated carbocycles. The maximum absolute atomic E-state index is 12.8. The van der Waals surface area contributed by atoms with Gasteiger partial charge in [-0.15, -0.1) is 0 Å². The van der Waals surface area contributed by atoms with Crippen molar-refractivity contribution in [1.82, 2.24) is 0 Å². The molecule has 0 aliphatic heterocycles. The van der Waals surface area contributed by atoms with Crippen molar-refractivity contribution in [2.24, 2.45) is 56.7 Å². The highest BCUT2D eigenvalue weighted by atomic mass is 16.4. The molecule has 0 radical (unpaired) electrons. The number of aliphatic carboxylic acids is 1. The Morgan fingerprint density at radius 2 is 1.52 bits per heavy atom. The zero-order chi connectivity index (χ0) is 24.2. The predicted molar refractivity (Wildman–Crippen MR) is 133 cm³/mol. The molecule has 0 bridgehead atoms. The van der Waals surface area contributed by atoms with Gasteiger partial charge in [-0.3, -0.25) is 4.79 Å². The molecule has 0 heterocycles. The Kier molecular flexibility index (Phi) is 5.15. The van der Waals surface area contributed by atoms with Gasteiger partial charge < -0.3 is 10.2 Å². The molecule has 0 aromatic rings. The third-order valence-electron chi connectivity index (χ3n) is 13.5. The lowest BCUT2D eigenvalue weighted by atomic mass is 9.32. The smallest absolute Gasteiger partial charge is 0.309 e. The van der Waals surface area contributed by atoms with Crippen LogP contribution in [0.5, 0.6) is 0 Å². The molecule has 3 heteroatoms. The van der Waals surface area contributed by atoms with Crippen LogP contribution in [0.25, 0.3) is 0 Å². The molecule has 5 rings (SSSR count). The van der Waals surface area contributed by atoms with Crippen LogP contribution in [0.1, 0.15) is 106 Å². The van der Waals surface area contributed by atoms with Crippen molar-refractivity contribution in [3.8, 4) is 0 Å². The molecule has 0 saturated heterocycles. The third-order valence-corrected chi connectivity index (χ3v) is 13.5. The van der Waals surface area contributed by atoms with Crippen LogP contribution in [-0.4, -0.2) is 22.3 Å². The first kappa shape index (κ1) is 23.9. The summed E-state index contributed by atoms with van der Waals surface area (Å²) in [6.07, 6.45) is 10.5. The minimum atomic E-state index is -0.538. The number of aliphatic hydroxyl groups excluding tert-OH is 1. The van der Waals surface area contributed by atoms with E-state index >= 15 is 0 Å². The summed E-state index contributed by atoms with van der Waals surface area (Å²) < 4.78 is 0. The average molecular weight is 457 g/mol. The van der Waals surface area contributed by atoms with Crippen molar-refractivity contribution >= 4 is 5.97 Å². The van der Waals surface area contributed by atoms with E-state index in [9.17, 15) is 15.0 Å². The third kappa shape index (κ3) is 2.75. The fraction of sp³-hybridized carbons (Fsp3) is 0.900. The lowest BCUT2D eigenvalue weighted by Gasteiger charge is -2.72. The number of hydrogen-bond acceptors (Lipinski definition) is 2. The summed E-state index contributed by atoms with van der Waals surface area (Å²) >= 11 is 0. The molecule has 5 aliphatic carbocycles. The van der Waals surface area contributed by atoms with Gasteiger partial charge in [0.15, 0.2) is 0 Å². The second-order valence-corrected chi connectivity index (χ2v) is 14.5. The van der Waals surface area contributed by atoms with Crippen LogP contribution in [-0.2, 0) is 4.79 Å². The van der Waals surface area contributed by atoms with Gasteiger partial charge in [-0.25, -0.2) is 0 Å². The fourth-order valence-electron chi connectivity index (χ4n) is 11.5. The van der Waals surface area contributed by atoms with Crippen LogP contribution in [0, 0.1) is 56.7 Å². The van der Waals surface area contributed by atoms with E-state index in [-0.39, 0.29) is 33.7 Å². The lowest BCUT2D eigenvalue weighted by Crippen LogP contribution is -2.67. The summed E-state index contributed by atoms with van der Waals surface area (Å²) in [6.45, 7) is 18.8. The van der Waals surface area contributed by atoms with Crippen LogP contribution in [0.3, 0.4) is 0 Å². The van der Waals surface area contributed by atoms with Gasteiger partial charge in [0, 0.05) is 0 Å². The topological polar surface area (TPSA) is 57.5 Å².